The number of nitrogens with one attached hydrogen (secondary N) is 8. The summed E-state index contributed by atoms with van der Waals surface area (Å²) in [7, 11) is 2.57. The third kappa shape index (κ3) is 20.7. The number of aliphatic hydroxyl groups is 6. The number of phenolic OH excluding ortho intramolecular Hbond substituents is 2. The number of carboxylic acids is 1. The molecule has 0 radical (unpaired) electrons. The molecule has 624 valence electrons. The zero-order valence-corrected chi connectivity index (χ0v) is 65.2. The average molecular weight is 1660 g/mol. The maximum Gasteiger partial charge on any atom is 0.330 e. The molecule has 0 saturated carbocycles. The molecule has 9 amide bonds. The van der Waals surface area contributed by atoms with Gasteiger partial charge in [0.15, 0.2) is 29.9 Å². The number of hydrogen-bond acceptors (Lipinski definition) is 27. The van der Waals surface area contributed by atoms with Gasteiger partial charge in [-0.25, -0.2) is 9.59 Å². The van der Waals surface area contributed by atoms with Gasteiger partial charge >= 0.3 is 12.0 Å². The van der Waals surface area contributed by atoms with E-state index in [0.717, 1.165) is 80.6 Å². The molecule has 17 unspecified atom stereocenters. The number of ether oxygens (including phenoxy) is 8. The average Bonchev–Trinajstić information content (AvgIpc) is 0.770. The standard InChI is InChI=1S/C78H92Cl2N10O26/c1-8-9-20-110-41-15-13-39(14-16-41)84-77(108)87-56(95)29-47-72(103)89-61-38-25-53(112-50-18-11-35(23-44(50)79)49(94)30-57(96)86-62(75(106)107)43-27-40(92)28-52(109-7)59(43)42-22-36(10-17-48(42)93)60(70(81)101)88-73(61)104)67(116-76-68(66(99)65(98)55(32-91)114-76)115-58-31-78(5,82)69(100)34(4)111-58)54(26-38)113-51-19-12-37(24-45(51)80)64(97)63(74(105)85-47)90-71(102)46(83-6)21-33(2)3/h10-19,22-28,33-34,46-47,49,55,58,60-66,68-69,76,83,91-94,97-100H,8-9,20-21,29-32,82H2,1-7H3,(H2,81,101)(H,85,105)(H,86,96)(H,88,104)(H,89,103)(H,90,102)(H,106,107)(H2,84,87,95,108). The molecule has 9 bridgehead atoms. The van der Waals surface area contributed by atoms with Crippen molar-refractivity contribution in [1.82, 2.24) is 37.2 Å². The van der Waals surface area contributed by atoms with E-state index in [2.05, 4.69) is 42.5 Å². The number of nitrogens with two attached hydrogens (primary N) is 2. The van der Waals surface area contributed by atoms with Gasteiger partial charge in [-0.3, -0.25) is 38.9 Å². The van der Waals surface area contributed by atoms with Crippen LogP contribution in [-0.2, 0) is 52.6 Å². The zero-order chi connectivity index (χ0) is 84.5. The van der Waals surface area contributed by atoms with Crippen LogP contribution in [0, 0.1) is 5.92 Å². The Hall–Kier alpha value is -10.7. The molecule has 6 aromatic carbocycles. The molecule has 6 aliphatic heterocycles. The van der Waals surface area contributed by atoms with Gasteiger partial charge < -0.3 is 133 Å². The van der Waals surface area contributed by atoms with Gasteiger partial charge in [-0.15, -0.1) is 0 Å². The Morgan fingerprint density at radius 2 is 1.41 bits per heavy atom. The van der Waals surface area contributed by atoms with E-state index in [0.29, 0.717) is 12.4 Å². The first-order valence-corrected chi connectivity index (χ1v) is 37.6. The SMILES string of the molecule is CCCCOc1ccc(NC(=O)NC(=O)CC2NC(=O)C(NC(=O)C(CC(C)C)NC)C(O)c3ccc(c(Cl)c3)Oc3cc4cc(c3OC3OC(CO)C(O)C(O)C3OC3CC(C)(N)C(O)C(C)O3)Oc3ccc(cc3Cl)C(O)CC(=O)NC(C(=O)O)c3cc(O)cc(OC)c3-c3cc(ccc3O)C(C(N)=O)NC(=O)C4NC2=O)cc1. The highest BCUT2D eigenvalue weighted by molar-refractivity contribution is 6.32. The van der Waals surface area contributed by atoms with Gasteiger partial charge in [0.2, 0.25) is 53.4 Å². The molecule has 6 aliphatic rings. The van der Waals surface area contributed by atoms with E-state index in [9.17, 15) is 74.7 Å². The number of methoxy groups -OCH3 is 1. The fourth-order valence-electron chi connectivity index (χ4n) is 13.5. The first kappa shape index (κ1) is 87.7. The fraction of sp³-hybridized carbons (Fsp3) is 0.423. The number of halogens is 2. The summed E-state index contributed by atoms with van der Waals surface area (Å²) in [6.45, 7) is 7.98. The number of likely N-dealkylation sites (N-methyl/N-ethyl adjacent to an activating group) is 1. The van der Waals surface area contributed by atoms with Crippen molar-refractivity contribution in [3.63, 3.8) is 0 Å². The van der Waals surface area contributed by atoms with Crippen LogP contribution >= 0.6 is 23.2 Å². The third-order valence-electron chi connectivity index (χ3n) is 19.7. The van der Waals surface area contributed by atoms with Crippen LogP contribution in [0.3, 0.4) is 0 Å². The number of anilines is 1. The summed E-state index contributed by atoms with van der Waals surface area (Å²) in [5.74, 6) is -14.9. The molecule has 6 aromatic rings. The highest BCUT2D eigenvalue weighted by Crippen LogP contribution is 2.50. The molecule has 17 atom stereocenters. The molecule has 6 heterocycles. The number of imide groups is 1. The summed E-state index contributed by atoms with van der Waals surface area (Å²) >= 11 is 14.2. The Balaban J connectivity index is 1.22. The Morgan fingerprint density at radius 3 is 2.02 bits per heavy atom. The summed E-state index contributed by atoms with van der Waals surface area (Å²) in [5, 5.41) is 122. The van der Waals surface area contributed by atoms with Gasteiger partial charge in [0.1, 0.15) is 83.1 Å². The number of fused-ring (bicyclic) bond motifs is 16. The Bertz CT molecular complexity index is 4660. The second kappa shape index (κ2) is 37.9. The number of primary amides is 1. The van der Waals surface area contributed by atoms with E-state index in [1.807, 2.05) is 20.8 Å². The van der Waals surface area contributed by atoms with Crippen LogP contribution in [0.15, 0.2) is 103 Å². The lowest BCUT2D eigenvalue weighted by molar-refractivity contribution is -0.333. The van der Waals surface area contributed by atoms with Gasteiger partial charge in [-0.1, -0.05) is 68.6 Å². The van der Waals surface area contributed by atoms with Crippen molar-refractivity contribution in [2.75, 3.05) is 32.7 Å². The van der Waals surface area contributed by atoms with Crippen LogP contribution in [0.5, 0.6) is 51.7 Å². The van der Waals surface area contributed by atoms with Crippen molar-refractivity contribution in [3.8, 4) is 62.9 Å². The highest BCUT2D eigenvalue weighted by atomic mass is 35.5. The number of unbranched alkanes of at least 4 members (excludes halogenated alkanes) is 1. The van der Waals surface area contributed by atoms with Gasteiger partial charge in [-0.2, -0.15) is 0 Å². The Labute approximate surface area is 673 Å². The summed E-state index contributed by atoms with van der Waals surface area (Å²) in [6.07, 6.45) is -18.0. The molecule has 116 heavy (non-hydrogen) atoms. The summed E-state index contributed by atoms with van der Waals surface area (Å²) in [6, 6.07) is 6.75. The van der Waals surface area contributed by atoms with Crippen LogP contribution in [-0.4, -0.2) is 200 Å². The quantitative estimate of drug-likeness (QED) is 0.0483. The summed E-state index contributed by atoms with van der Waals surface area (Å²) in [4.78, 5) is 132. The van der Waals surface area contributed by atoms with Gasteiger partial charge in [-0.05, 0) is 141 Å². The van der Waals surface area contributed by atoms with E-state index < -0.39 is 237 Å². The number of amides is 9. The number of urea groups is 1. The van der Waals surface area contributed by atoms with Crippen molar-refractivity contribution < 1.29 is 127 Å². The molecule has 36 nitrogen and oxygen atoms in total. The van der Waals surface area contributed by atoms with Crippen molar-refractivity contribution in [1.29, 1.82) is 0 Å². The lowest BCUT2D eigenvalue weighted by Crippen LogP contribution is -2.64. The van der Waals surface area contributed by atoms with Crippen LogP contribution in [0.2, 0.25) is 10.0 Å². The molecular weight excluding hydrogens is 1560 g/mol. The maximum absolute atomic E-state index is 16.2. The lowest BCUT2D eigenvalue weighted by Gasteiger charge is -2.47. The number of carbonyl (C=O) groups is 9. The second-order valence-electron chi connectivity index (χ2n) is 28.9. The van der Waals surface area contributed by atoms with Gasteiger partial charge in [0.05, 0.1) is 67.6 Å². The third-order valence-corrected chi connectivity index (χ3v) is 20.3. The monoisotopic (exact) mass is 1650 g/mol. The molecule has 0 aliphatic carbocycles. The number of carboxylic acid groups (broad SMARTS) is 1. The number of rotatable bonds is 20. The highest BCUT2D eigenvalue weighted by Gasteiger charge is 2.51. The minimum absolute atomic E-state index is 0.114. The number of aliphatic hydroxyl groups excluding tert-OH is 6. The van der Waals surface area contributed by atoms with E-state index >= 15 is 14.4 Å². The molecule has 2 fully saturated rings. The lowest BCUT2D eigenvalue weighted by atomic mass is 9.86. The minimum atomic E-state index is -2.41. The largest absolute Gasteiger partial charge is 0.508 e. The van der Waals surface area contributed by atoms with E-state index in [1.165, 1.54) is 51.2 Å². The number of carbonyl (C=O) groups excluding carboxylic acids is 8. The van der Waals surface area contributed by atoms with Crippen LogP contribution in [0.1, 0.15) is 131 Å². The molecule has 0 spiro atoms. The summed E-state index contributed by atoms with van der Waals surface area (Å²) in [5.41, 5.74) is 9.10. The Morgan fingerprint density at radius 1 is 0.759 bits per heavy atom. The van der Waals surface area contributed by atoms with Crippen molar-refractivity contribution in [2.24, 2.45) is 17.4 Å². The molecule has 0 aromatic heterocycles. The minimum Gasteiger partial charge on any atom is -0.508 e. The molecular formula is C78H92Cl2N10O26. The van der Waals surface area contributed by atoms with E-state index in [-0.39, 0.29) is 58.2 Å². The first-order valence-electron chi connectivity index (χ1n) is 36.8. The normalized spacial score (nSPS) is 26.0. The van der Waals surface area contributed by atoms with Crippen molar-refractivity contribution >= 4 is 82.2 Å². The predicted octanol–water partition coefficient (Wildman–Crippen LogP) is 3.83. The smallest absolute Gasteiger partial charge is 0.330 e. The predicted molar refractivity (Wildman–Crippen MR) is 411 cm³/mol. The topological polar surface area (TPSA) is 558 Å². The number of hydrogen-bond donors (Lipinski definition) is 19. The van der Waals surface area contributed by atoms with Crippen LogP contribution < -0.4 is 77.7 Å². The summed E-state index contributed by atoms with van der Waals surface area (Å²) < 4.78 is 50.0. The van der Waals surface area contributed by atoms with Gasteiger partial charge in [0, 0.05) is 40.4 Å². The number of benzene rings is 6. The van der Waals surface area contributed by atoms with Gasteiger partial charge in [0.25, 0.3) is 0 Å². The van der Waals surface area contributed by atoms with Crippen molar-refractivity contribution in [3.05, 3.63) is 141 Å². The molecule has 38 heteroatoms. The number of aromatic hydroxyl groups is 2. The molecule has 12 rings (SSSR count). The van der Waals surface area contributed by atoms with Crippen molar-refractivity contribution in [2.45, 2.75) is 176 Å². The zero-order valence-electron chi connectivity index (χ0n) is 63.7. The molecule has 2 saturated heterocycles. The number of phenols is 2. The fourth-order valence-corrected chi connectivity index (χ4v) is 14.0. The number of aliphatic carboxylic acids is 1. The maximum atomic E-state index is 16.2. The molecule has 21 N–H and O–H groups in total. The Kier molecular flexibility index (Phi) is 28.7. The first-order chi connectivity index (χ1) is 55.0. The van der Waals surface area contributed by atoms with E-state index in [1.54, 1.807) is 12.1 Å². The van der Waals surface area contributed by atoms with Crippen LogP contribution in [0.25, 0.3) is 11.1 Å². The van der Waals surface area contributed by atoms with E-state index in [4.69, 9.17) is 72.6 Å². The van der Waals surface area contributed by atoms with Crippen LogP contribution in [0.4, 0.5) is 10.5 Å². The second-order valence-corrected chi connectivity index (χ2v) is 29.7.